The molecule has 1 fully saturated rings. The maximum atomic E-state index is 12.7. The fraction of sp³-hybridized carbons (Fsp3) is 0.333. The van der Waals surface area contributed by atoms with E-state index in [0.29, 0.717) is 12.2 Å². The number of aryl methyl sites for hydroxylation is 1. The molecule has 1 aliphatic rings. The molecule has 32 heavy (non-hydrogen) atoms. The van der Waals surface area contributed by atoms with Crippen LogP contribution in [0.5, 0.6) is 5.75 Å². The molecule has 8 heteroatoms. The molecule has 0 bridgehead atoms. The van der Waals surface area contributed by atoms with Crippen LogP contribution in [0.1, 0.15) is 34.5 Å². The Balaban J connectivity index is 1.36. The molecule has 0 unspecified atom stereocenters. The second-order valence-corrected chi connectivity index (χ2v) is 8.87. The highest BCUT2D eigenvalue weighted by Gasteiger charge is 2.40. The van der Waals surface area contributed by atoms with Crippen molar-refractivity contribution in [2.24, 2.45) is 0 Å². The predicted octanol–water partition coefficient (Wildman–Crippen LogP) is 5.10. The van der Waals surface area contributed by atoms with E-state index in [1.165, 1.54) is 6.92 Å². The highest BCUT2D eigenvalue weighted by atomic mass is 32.1. The van der Waals surface area contributed by atoms with Gasteiger partial charge in [-0.25, -0.2) is 14.2 Å². The van der Waals surface area contributed by atoms with E-state index in [0.717, 1.165) is 32.5 Å². The first-order valence-corrected chi connectivity index (χ1v) is 11.1. The van der Waals surface area contributed by atoms with Crippen LogP contribution in [0.3, 0.4) is 0 Å². The van der Waals surface area contributed by atoms with Crippen molar-refractivity contribution >= 4 is 17.3 Å². The number of rotatable bonds is 7. The third kappa shape index (κ3) is 4.82. The van der Waals surface area contributed by atoms with Gasteiger partial charge in [0.05, 0.1) is 23.8 Å². The van der Waals surface area contributed by atoms with Gasteiger partial charge in [0.25, 0.3) is 5.79 Å². The number of benzene rings is 2. The molecule has 1 saturated heterocycles. The van der Waals surface area contributed by atoms with Crippen LogP contribution in [-0.2, 0) is 27.5 Å². The Hall–Kier alpha value is -2.81. The molecule has 2 aromatic carbocycles. The molecule has 1 N–H and O–H groups in total. The summed E-state index contributed by atoms with van der Waals surface area (Å²) in [6, 6.07) is 15.0. The Morgan fingerprint density at radius 1 is 1.19 bits per heavy atom. The highest BCUT2D eigenvalue weighted by molar-refractivity contribution is 7.15. The number of alkyl halides is 1. The molecule has 4 rings (SSSR count). The standard InChI is InChI=1S/C24H24FNO5S/c1-15-21(32-22(26-15)18-5-3-16(11-25)4-6-18)14-29-20-9-7-17(8-10-20)19-12-30-24(2,23(27)28)31-13-19/h3-10,19H,11-14H2,1-2H3,(H,27,28). The fourth-order valence-electron chi connectivity index (χ4n) is 3.33. The zero-order valence-electron chi connectivity index (χ0n) is 17.8. The first kappa shape index (κ1) is 22.4. The number of ether oxygens (including phenoxy) is 3. The maximum absolute atomic E-state index is 12.7. The summed E-state index contributed by atoms with van der Waals surface area (Å²) in [6.07, 6.45) is 0. The van der Waals surface area contributed by atoms with Crippen molar-refractivity contribution in [3.8, 4) is 16.3 Å². The van der Waals surface area contributed by atoms with Gasteiger partial charge in [0.2, 0.25) is 0 Å². The summed E-state index contributed by atoms with van der Waals surface area (Å²) in [5.74, 6) is -2.02. The van der Waals surface area contributed by atoms with Gasteiger partial charge < -0.3 is 19.3 Å². The van der Waals surface area contributed by atoms with Crippen LogP contribution in [-0.4, -0.2) is 35.1 Å². The molecule has 0 spiro atoms. The van der Waals surface area contributed by atoms with E-state index in [9.17, 15) is 9.18 Å². The van der Waals surface area contributed by atoms with E-state index in [1.807, 2.05) is 43.3 Å². The van der Waals surface area contributed by atoms with Gasteiger partial charge in [-0.05, 0) is 30.2 Å². The van der Waals surface area contributed by atoms with Gasteiger partial charge in [-0.15, -0.1) is 11.3 Å². The summed E-state index contributed by atoms with van der Waals surface area (Å²) in [5, 5.41) is 10.0. The molecule has 0 atom stereocenters. The summed E-state index contributed by atoms with van der Waals surface area (Å²) in [7, 11) is 0. The number of aromatic nitrogens is 1. The molecule has 6 nitrogen and oxygen atoms in total. The van der Waals surface area contributed by atoms with Crippen LogP contribution < -0.4 is 4.74 Å². The van der Waals surface area contributed by atoms with E-state index >= 15 is 0 Å². The molecule has 1 aromatic heterocycles. The van der Waals surface area contributed by atoms with Crippen molar-refractivity contribution in [1.82, 2.24) is 4.98 Å². The maximum Gasteiger partial charge on any atom is 0.364 e. The first-order chi connectivity index (χ1) is 15.4. The van der Waals surface area contributed by atoms with Crippen molar-refractivity contribution in [1.29, 1.82) is 0 Å². The van der Waals surface area contributed by atoms with Crippen molar-refractivity contribution < 1.29 is 28.5 Å². The minimum Gasteiger partial charge on any atom is -0.488 e. The van der Waals surface area contributed by atoms with Gasteiger partial charge in [0, 0.05) is 18.4 Å². The Morgan fingerprint density at radius 3 is 2.44 bits per heavy atom. The number of thiazole rings is 1. The lowest BCUT2D eigenvalue weighted by molar-refractivity contribution is -0.262. The zero-order chi connectivity index (χ0) is 22.7. The van der Waals surface area contributed by atoms with Gasteiger partial charge >= 0.3 is 5.97 Å². The molecule has 2 heterocycles. The van der Waals surface area contributed by atoms with Crippen LogP contribution in [0.4, 0.5) is 4.39 Å². The third-order valence-corrected chi connectivity index (χ3v) is 6.66. The SMILES string of the molecule is Cc1nc(-c2ccc(CF)cc2)sc1COc1ccc(C2COC(C)(C(=O)O)OC2)cc1. The van der Waals surface area contributed by atoms with E-state index in [2.05, 4.69) is 4.98 Å². The van der Waals surface area contributed by atoms with E-state index in [4.69, 9.17) is 19.3 Å². The smallest absolute Gasteiger partial charge is 0.364 e. The number of halogens is 1. The minimum absolute atomic E-state index is 0.0356. The van der Waals surface area contributed by atoms with Crippen LogP contribution >= 0.6 is 11.3 Å². The number of carbonyl (C=O) groups is 1. The summed E-state index contributed by atoms with van der Waals surface area (Å²) in [5.41, 5.74) is 3.52. The average Bonchev–Trinajstić information content (AvgIpc) is 3.19. The summed E-state index contributed by atoms with van der Waals surface area (Å²) < 4.78 is 29.5. The zero-order valence-corrected chi connectivity index (χ0v) is 18.7. The number of carboxylic acid groups (broad SMARTS) is 1. The number of carboxylic acids is 1. The summed E-state index contributed by atoms with van der Waals surface area (Å²) in [6.45, 7) is 3.84. The van der Waals surface area contributed by atoms with Crippen molar-refractivity contribution in [2.45, 2.75) is 38.8 Å². The van der Waals surface area contributed by atoms with Crippen molar-refractivity contribution in [3.63, 3.8) is 0 Å². The minimum atomic E-state index is -1.58. The monoisotopic (exact) mass is 457 g/mol. The Kier molecular flexibility index (Phi) is 6.55. The molecular weight excluding hydrogens is 433 g/mol. The van der Waals surface area contributed by atoms with Gasteiger partial charge in [0.1, 0.15) is 24.0 Å². The fourth-order valence-corrected chi connectivity index (χ4v) is 4.31. The number of aliphatic carboxylic acids is 1. The molecular formula is C24H24FNO5S. The Labute approximate surface area is 189 Å². The van der Waals surface area contributed by atoms with Crippen molar-refractivity contribution in [3.05, 3.63) is 70.2 Å². The van der Waals surface area contributed by atoms with Gasteiger partial charge in [-0.1, -0.05) is 36.4 Å². The van der Waals surface area contributed by atoms with Crippen LogP contribution in [0, 0.1) is 6.92 Å². The lowest BCUT2D eigenvalue weighted by Gasteiger charge is -2.34. The van der Waals surface area contributed by atoms with Gasteiger partial charge in [0.15, 0.2) is 0 Å². The largest absolute Gasteiger partial charge is 0.488 e. The third-order valence-electron chi connectivity index (χ3n) is 5.48. The average molecular weight is 458 g/mol. The van der Waals surface area contributed by atoms with Crippen LogP contribution in [0.2, 0.25) is 0 Å². The molecule has 0 aliphatic carbocycles. The quantitative estimate of drug-likeness (QED) is 0.532. The Bertz CT molecular complexity index is 1070. The first-order valence-electron chi connectivity index (χ1n) is 10.2. The van der Waals surface area contributed by atoms with Crippen LogP contribution in [0.15, 0.2) is 48.5 Å². The lowest BCUT2D eigenvalue weighted by Crippen LogP contribution is -2.47. The van der Waals surface area contributed by atoms with E-state index < -0.39 is 18.4 Å². The molecule has 1 aliphatic heterocycles. The molecule has 3 aromatic rings. The van der Waals surface area contributed by atoms with E-state index in [1.54, 1.807) is 23.5 Å². The number of hydrogen-bond donors (Lipinski definition) is 1. The predicted molar refractivity (Wildman–Crippen MR) is 119 cm³/mol. The van der Waals surface area contributed by atoms with Gasteiger partial charge in [-0.2, -0.15) is 0 Å². The Morgan fingerprint density at radius 2 is 1.84 bits per heavy atom. The molecule has 0 radical (unpaired) electrons. The van der Waals surface area contributed by atoms with Gasteiger partial charge in [-0.3, -0.25) is 0 Å². The molecule has 0 amide bonds. The normalized spacial score (nSPS) is 20.8. The second-order valence-electron chi connectivity index (χ2n) is 7.79. The molecule has 0 saturated carbocycles. The summed E-state index contributed by atoms with van der Waals surface area (Å²) in [4.78, 5) is 16.9. The number of hydrogen-bond acceptors (Lipinski definition) is 6. The topological polar surface area (TPSA) is 77.9 Å². The highest BCUT2D eigenvalue weighted by Crippen LogP contribution is 2.31. The molecule has 168 valence electrons. The van der Waals surface area contributed by atoms with Crippen molar-refractivity contribution in [2.75, 3.05) is 13.2 Å². The second kappa shape index (κ2) is 9.36. The van der Waals surface area contributed by atoms with Crippen LogP contribution in [0.25, 0.3) is 10.6 Å². The van der Waals surface area contributed by atoms with E-state index in [-0.39, 0.29) is 19.1 Å². The lowest BCUT2D eigenvalue weighted by atomic mass is 9.99. The summed E-state index contributed by atoms with van der Waals surface area (Å²) >= 11 is 1.56. The number of nitrogens with zero attached hydrogens (tertiary/aromatic N) is 1.